The predicted molar refractivity (Wildman–Crippen MR) is 98.9 cm³/mol. The van der Waals surface area contributed by atoms with Crippen molar-refractivity contribution in [1.82, 2.24) is 24.6 Å². The lowest BCUT2D eigenvalue weighted by atomic mass is 10.2. The summed E-state index contributed by atoms with van der Waals surface area (Å²) in [5.74, 6) is 0.863. The Morgan fingerprint density at radius 2 is 1.69 bits per heavy atom. The van der Waals surface area contributed by atoms with Crippen LogP contribution in [0.25, 0.3) is 5.82 Å². The molecule has 0 bridgehead atoms. The van der Waals surface area contributed by atoms with Crippen molar-refractivity contribution in [2.24, 2.45) is 0 Å². The molecule has 1 saturated heterocycles. The molecule has 3 rings (SSSR count). The van der Waals surface area contributed by atoms with Gasteiger partial charge in [0.25, 0.3) is 0 Å². The third kappa shape index (κ3) is 4.96. The first kappa shape index (κ1) is 20.9. The summed E-state index contributed by atoms with van der Waals surface area (Å²) in [6.45, 7) is 9.35. The van der Waals surface area contributed by atoms with Gasteiger partial charge in [0.15, 0.2) is 17.3 Å². The number of ether oxygens (including phenoxy) is 1. The maximum atomic E-state index is 12.7. The van der Waals surface area contributed by atoms with Crippen molar-refractivity contribution < 1.29 is 22.7 Å². The number of anilines is 1. The summed E-state index contributed by atoms with van der Waals surface area (Å²) in [6.07, 6.45) is -3.15. The molecule has 2 aromatic heterocycles. The molecule has 1 aliphatic heterocycles. The number of piperazine rings is 1. The van der Waals surface area contributed by atoms with Crippen LogP contribution in [0.4, 0.5) is 23.8 Å². The second-order valence-electron chi connectivity index (χ2n) is 7.77. The Morgan fingerprint density at radius 3 is 2.21 bits per heavy atom. The standard InChI is InChI=1S/C18H23F3N6O2/c1-12-9-14(24-27(12)15-11-22-13(10-23-15)18(19,20)21)25-5-7-26(8-6-25)16(28)29-17(2,3)4/h9-11H,5-8H2,1-4H3. The summed E-state index contributed by atoms with van der Waals surface area (Å²) in [7, 11) is 0. The van der Waals surface area contributed by atoms with Gasteiger partial charge in [0, 0.05) is 37.9 Å². The van der Waals surface area contributed by atoms with Crippen LogP contribution < -0.4 is 4.90 Å². The van der Waals surface area contributed by atoms with Gasteiger partial charge >= 0.3 is 12.3 Å². The minimum absolute atomic E-state index is 0.203. The van der Waals surface area contributed by atoms with Crippen LogP contribution in [0.3, 0.4) is 0 Å². The highest BCUT2D eigenvalue weighted by Crippen LogP contribution is 2.27. The number of rotatable bonds is 2. The number of hydrogen-bond donors (Lipinski definition) is 0. The Balaban J connectivity index is 1.68. The average Bonchev–Trinajstić information content (AvgIpc) is 3.01. The number of aromatic nitrogens is 4. The van der Waals surface area contributed by atoms with Crippen LogP contribution in [0, 0.1) is 6.92 Å². The highest BCUT2D eigenvalue weighted by atomic mass is 19.4. The molecule has 11 heteroatoms. The van der Waals surface area contributed by atoms with Crippen LogP contribution in [0.15, 0.2) is 18.5 Å². The van der Waals surface area contributed by atoms with Gasteiger partial charge in [0.2, 0.25) is 0 Å². The molecular formula is C18H23F3N6O2. The summed E-state index contributed by atoms with van der Waals surface area (Å²) >= 11 is 0. The number of nitrogens with zero attached hydrogens (tertiary/aromatic N) is 6. The number of halogens is 3. The van der Waals surface area contributed by atoms with Crippen molar-refractivity contribution in [3.63, 3.8) is 0 Å². The van der Waals surface area contributed by atoms with Gasteiger partial charge in [-0.25, -0.2) is 19.4 Å². The lowest BCUT2D eigenvalue weighted by Crippen LogP contribution is -2.50. The quantitative estimate of drug-likeness (QED) is 0.755. The van der Waals surface area contributed by atoms with E-state index < -0.39 is 17.5 Å². The van der Waals surface area contributed by atoms with E-state index in [0.29, 0.717) is 43.9 Å². The van der Waals surface area contributed by atoms with Crippen molar-refractivity contribution in [3.05, 3.63) is 29.8 Å². The largest absolute Gasteiger partial charge is 0.444 e. The Hall–Kier alpha value is -2.85. The maximum absolute atomic E-state index is 12.7. The molecule has 0 aromatic carbocycles. The Morgan fingerprint density at radius 1 is 1.03 bits per heavy atom. The molecule has 0 radical (unpaired) electrons. The minimum Gasteiger partial charge on any atom is -0.444 e. The van der Waals surface area contributed by atoms with Crippen LogP contribution in [0.5, 0.6) is 0 Å². The first-order valence-electron chi connectivity index (χ1n) is 9.13. The third-order valence-electron chi connectivity index (χ3n) is 4.28. The van der Waals surface area contributed by atoms with E-state index in [9.17, 15) is 18.0 Å². The molecule has 0 atom stereocenters. The number of hydrogen-bond acceptors (Lipinski definition) is 6. The Labute approximate surface area is 166 Å². The number of amides is 1. The van der Waals surface area contributed by atoms with E-state index in [-0.39, 0.29) is 11.9 Å². The fourth-order valence-corrected chi connectivity index (χ4v) is 2.87. The van der Waals surface area contributed by atoms with Crippen LogP contribution in [-0.4, -0.2) is 62.5 Å². The molecule has 3 heterocycles. The van der Waals surface area contributed by atoms with E-state index in [4.69, 9.17) is 4.74 Å². The average molecular weight is 412 g/mol. The van der Waals surface area contributed by atoms with Crippen molar-refractivity contribution in [2.75, 3.05) is 31.1 Å². The number of carbonyl (C=O) groups is 1. The first-order chi connectivity index (χ1) is 13.4. The van der Waals surface area contributed by atoms with Crippen molar-refractivity contribution >= 4 is 11.9 Å². The molecule has 0 saturated carbocycles. The van der Waals surface area contributed by atoms with E-state index in [1.54, 1.807) is 11.8 Å². The van der Waals surface area contributed by atoms with Gasteiger partial charge < -0.3 is 14.5 Å². The predicted octanol–water partition coefficient (Wildman–Crippen LogP) is 3.05. The lowest BCUT2D eigenvalue weighted by Gasteiger charge is -2.35. The van der Waals surface area contributed by atoms with Crippen LogP contribution >= 0.6 is 0 Å². The van der Waals surface area contributed by atoms with Crippen LogP contribution in [0.2, 0.25) is 0 Å². The van der Waals surface area contributed by atoms with Gasteiger partial charge in [0.1, 0.15) is 5.60 Å². The molecule has 1 fully saturated rings. The molecule has 0 spiro atoms. The maximum Gasteiger partial charge on any atom is 0.434 e. The van der Waals surface area contributed by atoms with Gasteiger partial charge in [-0.05, 0) is 27.7 Å². The van der Waals surface area contributed by atoms with E-state index >= 15 is 0 Å². The summed E-state index contributed by atoms with van der Waals surface area (Å²) in [5, 5.41) is 4.45. The molecule has 29 heavy (non-hydrogen) atoms. The zero-order valence-electron chi connectivity index (χ0n) is 16.7. The summed E-state index contributed by atoms with van der Waals surface area (Å²) in [6, 6.07) is 1.82. The molecule has 158 valence electrons. The summed E-state index contributed by atoms with van der Waals surface area (Å²) < 4.78 is 44.8. The van der Waals surface area contributed by atoms with Gasteiger partial charge in [0.05, 0.1) is 12.4 Å². The molecule has 1 aliphatic rings. The van der Waals surface area contributed by atoms with Crippen LogP contribution in [-0.2, 0) is 10.9 Å². The van der Waals surface area contributed by atoms with Gasteiger partial charge in [-0.1, -0.05) is 0 Å². The molecule has 8 nitrogen and oxygen atoms in total. The van der Waals surface area contributed by atoms with E-state index in [2.05, 4.69) is 15.1 Å². The Bertz CT molecular complexity index is 865. The second kappa shape index (κ2) is 7.53. The molecular weight excluding hydrogens is 389 g/mol. The normalized spacial score (nSPS) is 15.6. The lowest BCUT2D eigenvalue weighted by molar-refractivity contribution is -0.141. The van der Waals surface area contributed by atoms with Crippen molar-refractivity contribution in [2.45, 2.75) is 39.5 Å². The SMILES string of the molecule is Cc1cc(N2CCN(C(=O)OC(C)(C)C)CC2)nn1-c1cnc(C(F)(F)F)cn1. The van der Waals surface area contributed by atoms with E-state index in [0.717, 1.165) is 6.20 Å². The van der Waals surface area contributed by atoms with Gasteiger partial charge in [-0.15, -0.1) is 5.10 Å². The molecule has 0 aliphatic carbocycles. The number of aryl methyl sites for hydroxylation is 1. The van der Waals surface area contributed by atoms with Gasteiger partial charge in [-0.2, -0.15) is 13.2 Å². The van der Waals surface area contributed by atoms with E-state index in [1.807, 2.05) is 31.7 Å². The zero-order valence-corrected chi connectivity index (χ0v) is 16.7. The minimum atomic E-state index is -4.54. The van der Waals surface area contributed by atoms with Crippen molar-refractivity contribution in [3.8, 4) is 5.82 Å². The summed E-state index contributed by atoms with van der Waals surface area (Å²) in [4.78, 5) is 23.1. The summed E-state index contributed by atoms with van der Waals surface area (Å²) in [5.41, 5.74) is -0.888. The smallest absolute Gasteiger partial charge is 0.434 e. The number of alkyl halides is 3. The van der Waals surface area contributed by atoms with Crippen molar-refractivity contribution in [1.29, 1.82) is 0 Å². The second-order valence-corrected chi connectivity index (χ2v) is 7.77. The van der Waals surface area contributed by atoms with E-state index in [1.165, 1.54) is 4.68 Å². The molecule has 0 unspecified atom stereocenters. The topological polar surface area (TPSA) is 76.4 Å². The van der Waals surface area contributed by atoms with Crippen LogP contribution in [0.1, 0.15) is 32.2 Å². The first-order valence-corrected chi connectivity index (χ1v) is 9.13. The zero-order chi connectivity index (χ0) is 21.4. The fraction of sp³-hybridized carbons (Fsp3) is 0.556. The molecule has 2 aromatic rings. The Kier molecular flexibility index (Phi) is 5.42. The monoisotopic (exact) mass is 412 g/mol. The highest BCUT2D eigenvalue weighted by Gasteiger charge is 2.33. The van der Waals surface area contributed by atoms with Gasteiger partial charge in [-0.3, -0.25) is 0 Å². The third-order valence-corrected chi connectivity index (χ3v) is 4.28. The molecule has 0 N–H and O–H groups in total. The number of carbonyl (C=O) groups excluding carboxylic acids is 1. The highest BCUT2D eigenvalue weighted by molar-refractivity contribution is 5.68. The fourth-order valence-electron chi connectivity index (χ4n) is 2.87. The molecule has 1 amide bonds.